The van der Waals surface area contributed by atoms with Gasteiger partial charge in [0.2, 0.25) is 0 Å². The highest BCUT2D eigenvalue weighted by atomic mass is 19.1. The van der Waals surface area contributed by atoms with Crippen molar-refractivity contribution in [3.63, 3.8) is 0 Å². The number of piperidine rings is 1. The van der Waals surface area contributed by atoms with Crippen LogP contribution in [0.4, 0.5) is 15.9 Å². The first-order valence-electron chi connectivity index (χ1n) is 9.35. The molecule has 0 unspecified atom stereocenters. The lowest BCUT2D eigenvalue weighted by molar-refractivity contribution is 0.0926. The molecule has 1 amide bonds. The van der Waals surface area contributed by atoms with E-state index in [0.29, 0.717) is 24.5 Å². The van der Waals surface area contributed by atoms with Crippen LogP contribution < -0.4 is 16.0 Å². The Kier molecular flexibility index (Phi) is 7.10. The molecule has 0 atom stereocenters. The van der Waals surface area contributed by atoms with E-state index in [4.69, 9.17) is 5.73 Å². The van der Waals surface area contributed by atoms with Crippen LogP contribution >= 0.6 is 0 Å². The fourth-order valence-corrected chi connectivity index (χ4v) is 3.20. The van der Waals surface area contributed by atoms with Gasteiger partial charge in [-0.25, -0.2) is 14.4 Å². The molecule has 0 bridgehead atoms. The van der Waals surface area contributed by atoms with Crippen LogP contribution in [0.3, 0.4) is 0 Å². The van der Waals surface area contributed by atoms with E-state index in [1.165, 1.54) is 12.3 Å². The molecule has 1 saturated heterocycles. The van der Waals surface area contributed by atoms with Gasteiger partial charge in [0.05, 0.1) is 11.4 Å². The first kappa shape index (κ1) is 20.6. The highest BCUT2D eigenvalue weighted by molar-refractivity contribution is 5.96. The van der Waals surface area contributed by atoms with Crippen molar-refractivity contribution in [3.05, 3.63) is 47.2 Å². The highest BCUT2D eigenvalue weighted by Gasteiger charge is 2.25. The Morgan fingerprint density at radius 1 is 1.26 bits per heavy atom. The van der Waals surface area contributed by atoms with Crippen LogP contribution in [0.1, 0.15) is 48.4 Å². The maximum absolute atomic E-state index is 14.1. The van der Waals surface area contributed by atoms with Gasteiger partial charge in [-0.1, -0.05) is 26.0 Å². The fourth-order valence-electron chi connectivity index (χ4n) is 3.20. The molecule has 0 saturated carbocycles. The molecule has 3 rings (SSSR count). The third kappa shape index (κ3) is 4.93. The minimum absolute atomic E-state index is 0.0123. The molecule has 0 aliphatic carbocycles. The quantitative estimate of drug-likeness (QED) is 0.863. The van der Waals surface area contributed by atoms with Crippen LogP contribution in [0.15, 0.2) is 24.4 Å². The first-order valence-corrected chi connectivity index (χ1v) is 9.35. The molecular formula is C20H28FN5O. The second-order valence-corrected chi connectivity index (χ2v) is 6.39. The largest absolute Gasteiger partial charge is 0.382 e. The van der Waals surface area contributed by atoms with Gasteiger partial charge in [-0.2, -0.15) is 0 Å². The number of aromatic nitrogens is 2. The number of benzene rings is 1. The fraction of sp³-hybridized carbons (Fsp3) is 0.450. The lowest BCUT2D eigenvalue weighted by Crippen LogP contribution is -2.45. The smallest absolute Gasteiger partial charge is 0.273 e. The Morgan fingerprint density at radius 3 is 2.52 bits per heavy atom. The number of para-hydroxylation sites is 1. The summed E-state index contributed by atoms with van der Waals surface area (Å²) in [6.07, 6.45) is 2.99. The highest BCUT2D eigenvalue weighted by Crippen LogP contribution is 2.27. The molecule has 2 aromatic rings. The molecule has 146 valence electrons. The van der Waals surface area contributed by atoms with Gasteiger partial charge < -0.3 is 16.0 Å². The van der Waals surface area contributed by atoms with Gasteiger partial charge in [-0.3, -0.25) is 4.79 Å². The van der Waals surface area contributed by atoms with Gasteiger partial charge in [0, 0.05) is 25.3 Å². The molecule has 1 aromatic carbocycles. The van der Waals surface area contributed by atoms with Crippen LogP contribution in [0, 0.1) is 19.7 Å². The Balaban J connectivity index is 0.00000126. The van der Waals surface area contributed by atoms with E-state index in [2.05, 4.69) is 15.3 Å². The second-order valence-electron chi connectivity index (χ2n) is 6.39. The molecule has 0 radical (unpaired) electrons. The summed E-state index contributed by atoms with van der Waals surface area (Å²) in [4.78, 5) is 22.5. The molecule has 27 heavy (non-hydrogen) atoms. The minimum Gasteiger partial charge on any atom is -0.382 e. The number of amides is 1. The first-order chi connectivity index (χ1) is 13.0. The van der Waals surface area contributed by atoms with Crippen molar-refractivity contribution in [2.24, 2.45) is 0 Å². The number of hydrogen-bond acceptors (Lipinski definition) is 5. The predicted octanol–water partition coefficient (Wildman–Crippen LogP) is 3.24. The van der Waals surface area contributed by atoms with E-state index in [0.717, 1.165) is 18.4 Å². The number of nitrogens with one attached hydrogen (secondary N) is 1. The van der Waals surface area contributed by atoms with Crippen LogP contribution in [0.5, 0.6) is 0 Å². The van der Waals surface area contributed by atoms with Crippen LogP contribution in [0.2, 0.25) is 0 Å². The normalized spacial score (nSPS) is 14.3. The third-order valence-electron chi connectivity index (χ3n) is 4.47. The number of hydrogen-bond donors (Lipinski definition) is 2. The number of carbonyl (C=O) groups is 1. The van der Waals surface area contributed by atoms with Crippen molar-refractivity contribution in [2.75, 3.05) is 23.7 Å². The van der Waals surface area contributed by atoms with E-state index >= 15 is 0 Å². The Bertz CT molecular complexity index is 768. The molecular weight excluding hydrogens is 345 g/mol. The monoisotopic (exact) mass is 373 g/mol. The molecule has 7 heteroatoms. The number of anilines is 2. The number of aryl methyl sites for hydroxylation is 2. The van der Waals surface area contributed by atoms with Crippen molar-refractivity contribution in [1.82, 2.24) is 15.3 Å². The van der Waals surface area contributed by atoms with Gasteiger partial charge in [-0.15, -0.1) is 0 Å². The van der Waals surface area contributed by atoms with Crippen molar-refractivity contribution >= 4 is 17.4 Å². The van der Waals surface area contributed by atoms with Gasteiger partial charge in [0.15, 0.2) is 11.5 Å². The lowest BCUT2D eigenvalue weighted by atomic mass is 10.0. The maximum Gasteiger partial charge on any atom is 0.273 e. The zero-order valence-electron chi connectivity index (χ0n) is 16.4. The third-order valence-corrected chi connectivity index (χ3v) is 4.47. The second kappa shape index (κ2) is 9.30. The van der Waals surface area contributed by atoms with E-state index < -0.39 is 0 Å². The summed E-state index contributed by atoms with van der Waals surface area (Å²) in [6, 6.07) is 5.12. The summed E-state index contributed by atoms with van der Waals surface area (Å²) in [6.45, 7) is 9.04. The minimum atomic E-state index is -0.314. The van der Waals surface area contributed by atoms with Crippen molar-refractivity contribution in [1.29, 1.82) is 0 Å². The maximum atomic E-state index is 14.1. The van der Waals surface area contributed by atoms with Crippen LogP contribution in [-0.4, -0.2) is 35.0 Å². The van der Waals surface area contributed by atoms with Crippen LogP contribution in [-0.2, 0) is 0 Å². The number of rotatable bonds is 3. The average Bonchev–Trinajstić information content (AvgIpc) is 2.64. The van der Waals surface area contributed by atoms with Gasteiger partial charge in [0.25, 0.3) is 5.91 Å². The zero-order valence-corrected chi connectivity index (χ0v) is 16.4. The van der Waals surface area contributed by atoms with E-state index in [9.17, 15) is 9.18 Å². The number of carbonyl (C=O) groups excluding carboxylic acids is 1. The molecule has 1 aliphatic rings. The lowest BCUT2D eigenvalue weighted by Gasteiger charge is -2.34. The van der Waals surface area contributed by atoms with Crippen molar-refractivity contribution in [3.8, 4) is 0 Å². The van der Waals surface area contributed by atoms with E-state index in [-0.39, 0.29) is 29.3 Å². The number of nitrogens with zero attached hydrogens (tertiary/aromatic N) is 3. The molecule has 1 fully saturated rings. The predicted molar refractivity (Wildman–Crippen MR) is 106 cm³/mol. The Morgan fingerprint density at radius 2 is 1.93 bits per heavy atom. The summed E-state index contributed by atoms with van der Waals surface area (Å²) in [7, 11) is 0. The average molecular weight is 373 g/mol. The summed E-state index contributed by atoms with van der Waals surface area (Å²) in [5.74, 6) is -0.382. The number of nitrogen functional groups attached to an aromatic ring is 1. The van der Waals surface area contributed by atoms with E-state index in [1.54, 1.807) is 13.0 Å². The molecule has 1 aliphatic heterocycles. The SMILES string of the molecule is CC.Cc1cnc(C(=O)NC2CCN(c3c(C)cccc3F)CC2)c(N)n1. The zero-order chi connectivity index (χ0) is 20.0. The van der Waals surface area contributed by atoms with Crippen molar-refractivity contribution < 1.29 is 9.18 Å². The Hall–Kier alpha value is -2.70. The standard InChI is InChI=1S/C18H22FN5O.C2H6/c1-11-4-3-5-14(19)16(11)24-8-6-13(7-9-24)23-18(25)15-17(20)22-12(2)10-21-15;1-2/h3-5,10,13H,6-9H2,1-2H3,(H2,20,22)(H,23,25);1-2H3. The summed E-state index contributed by atoms with van der Waals surface area (Å²) >= 11 is 0. The summed E-state index contributed by atoms with van der Waals surface area (Å²) < 4.78 is 14.1. The summed E-state index contributed by atoms with van der Waals surface area (Å²) in [5.41, 5.74) is 8.17. The molecule has 6 nitrogen and oxygen atoms in total. The number of halogens is 1. The molecule has 3 N–H and O–H groups in total. The molecule has 2 heterocycles. The van der Waals surface area contributed by atoms with Crippen LogP contribution in [0.25, 0.3) is 0 Å². The van der Waals surface area contributed by atoms with Gasteiger partial charge in [-0.05, 0) is 38.3 Å². The van der Waals surface area contributed by atoms with E-state index in [1.807, 2.05) is 31.7 Å². The molecule has 1 aromatic heterocycles. The van der Waals surface area contributed by atoms with Gasteiger partial charge in [0.1, 0.15) is 5.82 Å². The topological polar surface area (TPSA) is 84.1 Å². The molecule has 0 spiro atoms. The summed E-state index contributed by atoms with van der Waals surface area (Å²) in [5, 5.41) is 2.95. The Labute approximate surface area is 160 Å². The van der Waals surface area contributed by atoms with Gasteiger partial charge >= 0.3 is 0 Å². The van der Waals surface area contributed by atoms with Crippen molar-refractivity contribution in [2.45, 2.75) is 46.6 Å². The number of nitrogens with two attached hydrogens (primary N) is 1.